The average Bonchev–Trinajstić information content (AvgIpc) is 2.65. The van der Waals surface area contributed by atoms with E-state index >= 15 is 0 Å². The molecule has 2 aromatic carbocycles. The van der Waals surface area contributed by atoms with Crippen molar-refractivity contribution in [3.05, 3.63) is 65.7 Å². The molecule has 0 aliphatic carbocycles. The fourth-order valence-electron chi connectivity index (χ4n) is 2.86. The maximum absolute atomic E-state index is 12.7. The summed E-state index contributed by atoms with van der Waals surface area (Å²) in [7, 11) is 0. The Morgan fingerprint density at radius 1 is 1.04 bits per heavy atom. The van der Waals surface area contributed by atoms with Gasteiger partial charge in [0, 0.05) is 11.5 Å². The second-order valence-electron chi connectivity index (χ2n) is 6.47. The number of hydrogen-bond acceptors (Lipinski definition) is 2. The zero-order chi connectivity index (χ0) is 17.6. The molecule has 0 spiro atoms. The molecule has 0 saturated carbocycles. The van der Waals surface area contributed by atoms with Crippen LogP contribution >= 0.6 is 0 Å². The van der Waals surface area contributed by atoms with Gasteiger partial charge in [0.05, 0.1) is 17.7 Å². The van der Waals surface area contributed by atoms with Crippen molar-refractivity contribution in [1.82, 2.24) is 0 Å². The van der Waals surface area contributed by atoms with Crippen molar-refractivity contribution in [3.8, 4) is 5.75 Å². The van der Waals surface area contributed by atoms with Crippen LogP contribution in [-0.4, -0.2) is 17.9 Å². The zero-order valence-corrected chi connectivity index (χ0v) is 14.9. The monoisotopic (exact) mass is 326 g/mol. The molecular weight excluding hydrogens is 298 g/mol. The Morgan fingerprint density at radius 3 is 2.25 bits per heavy atom. The number of quaternary nitrogens is 1. The van der Waals surface area contributed by atoms with Crippen LogP contribution in [0.25, 0.3) is 0 Å². The van der Waals surface area contributed by atoms with Gasteiger partial charge in [-0.1, -0.05) is 63.2 Å². The van der Waals surface area contributed by atoms with Crippen LogP contribution in [0.15, 0.2) is 54.6 Å². The fourth-order valence-corrected chi connectivity index (χ4v) is 2.86. The van der Waals surface area contributed by atoms with Crippen LogP contribution in [0.4, 0.5) is 0 Å². The summed E-state index contributed by atoms with van der Waals surface area (Å²) in [4.78, 5) is 12.7. The van der Waals surface area contributed by atoms with Crippen LogP contribution in [-0.2, 0) is 0 Å². The number of ether oxygens (including phenoxy) is 1. The van der Waals surface area contributed by atoms with Crippen molar-refractivity contribution < 1.29 is 15.3 Å². The summed E-state index contributed by atoms with van der Waals surface area (Å²) in [5, 5.41) is 0. The lowest BCUT2D eigenvalue weighted by Gasteiger charge is -2.30. The van der Waals surface area contributed by atoms with Gasteiger partial charge in [-0.05, 0) is 25.0 Å². The SMILES string of the molecule is CCC([NH3+])(CC)C(C)COc1ccccc1C(=O)c1ccccc1. The van der Waals surface area contributed by atoms with Crippen LogP contribution < -0.4 is 10.5 Å². The van der Waals surface area contributed by atoms with E-state index in [1.807, 2.05) is 54.6 Å². The topological polar surface area (TPSA) is 53.9 Å². The number of carbonyl (C=O) groups is 1. The molecule has 3 N–H and O–H groups in total. The third kappa shape index (κ3) is 4.04. The zero-order valence-electron chi connectivity index (χ0n) is 14.9. The van der Waals surface area contributed by atoms with Gasteiger partial charge in [0.1, 0.15) is 5.75 Å². The molecule has 1 atom stereocenters. The second-order valence-corrected chi connectivity index (χ2v) is 6.47. The molecule has 3 heteroatoms. The van der Waals surface area contributed by atoms with Gasteiger partial charge in [0.25, 0.3) is 0 Å². The number of hydrogen-bond donors (Lipinski definition) is 1. The minimum Gasteiger partial charge on any atom is -0.492 e. The van der Waals surface area contributed by atoms with Gasteiger partial charge in [-0.2, -0.15) is 0 Å². The summed E-state index contributed by atoms with van der Waals surface area (Å²) >= 11 is 0. The largest absolute Gasteiger partial charge is 0.492 e. The number of ketones is 1. The van der Waals surface area contributed by atoms with Crippen LogP contribution in [0.2, 0.25) is 0 Å². The number of para-hydroxylation sites is 1. The summed E-state index contributed by atoms with van der Waals surface area (Å²) in [6, 6.07) is 16.8. The van der Waals surface area contributed by atoms with Crippen LogP contribution in [0.3, 0.4) is 0 Å². The van der Waals surface area contributed by atoms with Crippen molar-refractivity contribution >= 4 is 5.78 Å². The summed E-state index contributed by atoms with van der Waals surface area (Å²) < 4.78 is 6.03. The van der Waals surface area contributed by atoms with Crippen molar-refractivity contribution in [2.75, 3.05) is 6.61 Å². The highest BCUT2D eigenvalue weighted by molar-refractivity contribution is 6.10. The van der Waals surface area contributed by atoms with Gasteiger partial charge >= 0.3 is 0 Å². The smallest absolute Gasteiger partial charge is 0.196 e. The molecule has 0 radical (unpaired) electrons. The second kappa shape index (κ2) is 8.11. The first-order valence-electron chi connectivity index (χ1n) is 8.68. The molecule has 3 nitrogen and oxygen atoms in total. The number of carbonyl (C=O) groups excluding carboxylic acids is 1. The first-order chi connectivity index (χ1) is 11.5. The lowest BCUT2D eigenvalue weighted by molar-refractivity contribution is -0.494. The average molecular weight is 326 g/mol. The predicted molar refractivity (Wildman–Crippen MR) is 97.2 cm³/mol. The molecule has 0 aromatic heterocycles. The van der Waals surface area contributed by atoms with Gasteiger partial charge in [0.2, 0.25) is 0 Å². The summed E-state index contributed by atoms with van der Waals surface area (Å²) in [5.74, 6) is 0.950. The molecule has 128 valence electrons. The Labute approximate surface area is 144 Å². The van der Waals surface area contributed by atoms with Gasteiger partial charge < -0.3 is 10.5 Å². The standard InChI is InChI=1S/C21H27NO2/c1-4-21(22,5-2)16(3)15-24-19-14-10-9-13-18(19)20(23)17-11-7-6-8-12-17/h6-14,16H,4-5,15,22H2,1-3H3/p+1. The van der Waals surface area contributed by atoms with Gasteiger partial charge in [-0.15, -0.1) is 0 Å². The van der Waals surface area contributed by atoms with Crippen LogP contribution in [0, 0.1) is 5.92 Å². The molecule has 24 heavy (non-hydrogen) atoms. The van der Waals surface area contributed by atoms with E-state index in [0.717, 1.165) is 12.8 Å². The minimum atomic E-state index is -0.00859. The summed E-state index contributed by atoms with van der Waals surface area (Å²) in [6.07, 6.45) is 2.03. The lowest BCUT2D eigenvalue weighted by Crippen LogP contribution is -2.75. The van der Waals surface area contributed by atoms with E-state index in [9.17, 15) is 4.79 Å². The third-order valence-electron chi connectivity index (χ3n) is 5.11. The third-order valence-corrected chi connectivity index (χ3v) is 5.11. The Morgan fingerprint density at radius 2 is 1.62 bits per heavy atom. The molecule has 0 fully saturated rings. The molecule has 0 bridgehead atoms. The Hall–Kier alpha value is -2.13. The first-order valence-corrected chi connectivity index (χ1v) is 8.68. The Bertz CT molecular complexity index is 663. The summed E-state index contributed by atoms with van der Waals surface area (Å²) in [6.45, 7) is 7.06. The maximum Gasteiger partial charge on any atom is 0.196 e. The summed E-state index contributed by atoms with van der Waals surface area (Å²) in [5.41, 5.74) is 5.68. The quantitative estimate of drug-likeness (QED) is 0.751. The van der Waals surface area contributed by atoms with Crippen molar-refractivity contribution in [2.24, 2.45) is 5.92 Å². The molecule has 0 heterocycles. The highest BCUT2D eigenvalue weighted by Gasteiger charge is 2.32. The Balaban J connectivity index is 2.17. The highest BCUT2D eigenvalue weighted by Crippen LogP contribution is 2.25. The Kier molecular flexibility index (Phi) is 6.16. The lowest BCUT2D eigenvalue weighted by atomic mass is 9.82. The van der Waals surface area contributed by atoms with Crippen molar-refractivity contribution in [1.29, 1.82) is 0 Å². The number of rotatable bonds is 8. The predicted octanol–water partition coefficient (Wildman–Crippen LogP) is 3.73. The molecule has 1 unspecified atom stereocenters. The molecular formula is C21H28NO2+. The van der Waals surface area contributed by atoms with Crippen LogP contribution in [0.1, 0.15) is 49.5 Å². The molecule has 0 aliphatic heterocycles. The van der Waals surface area contributed by atoms with E-state index in [2.05, 4.69) is 26.5 Å². The molecule has 0 aliphatic rings. The van der Waals surface area contributed by atoms with E-state index in [1.54, 1.807) is 0 Å². The molecule has 0 amide bonds. The minimum absolute atomic E-state index is 0.00859. The van der Waals surface area contributed by atoms with Crippen molar-refractivity contribution in [3.63, 3.8) is 0 Å². The molecule has 0 saturated heterocycles. The number of benzene rings is 2. The van der Waals surface area contributed by atoms with Crippen LogP contribution in [0.5, 0.6) is 5.75 Å². The highest BCUT2D eigenvalue weighted by atomic mass is 16.5. The van der Waals surface area contributed by atoms with Gasteiger partial charge in [0.15, 0.2) is 5.78 Å². The van der Waals surface area contributed by atoms with Crippen molar-refractivity contribution in [2.45, 2.75) is 39.2 Å². The normalized spacial score (nSPS) is 12.7. The van der Waals surface area contributed by atoms with E-state index in [0.29, 0.717) is 29.4 Å². The maximum atomic E-state index is 12.7. The fraction of sp³-hybridized carbons (Fsp3) is 0.381. The molecule has 2 rings (SSSR count). The molecule has 2 aromatic rings. The van der Waals surface area contributed by atoms with Gasteiger partial charge in [-0.25, -0.2) is 0 Å². The van der Waals surface area contributed by atoms with E-state index in [-0.39, 0.29) is 11.3 Å². The van der Waals surface area contributed by atoms with E-state index in [4.69, 9.17) is 4.74 Å². The van der Waals surface area contributed by atoms with Gasteiger partial charge in [-0.3, -0.25) is 4.79 Å². The van der Waals surface area contributed by atoms with E-state index < -0.39 is 0 Å². The van der Waals surface area contributed by atoms with E-state index in [1.165, 1.54) is 0 Å². The first kappa shape index (κ1) is 18.2.